The number of aldehydes is 1. The van der Waals surface area contributed by atoms with Gasteiger partial charge in [0.25, 0.3) is 5.91 Å². The van der Waals surface area contributed by atoms with Crippen LogP contribution in [0.2, 0.25) is 0 Å². The Morgan fingerprint density at radius 2 is 1.97 bits per heavy atom. The summed E-state index contributed by atoms with van der Waals surface area (Å²) < 4.78 is 44.1. The van der Waals surface area contributed by atoms with Crippen molar-refractivity contribution in [1.29, 1.82) is 0 Å². The summed E-state index contributed by atoms with van der Waals surface area (Å²) in [6.07, 6.45) is 1.95. The average Bonchev–Trinajstić information content (AvgIpc) is 3.09. The Hall–Kier alpha value is -3.27. The van der Waals surface area contributed by atoms with Gasteiger partial charge in [0.15, 0.2) is 6.29 Å². The maximum absolute atomic E-state index is 13.1. The van der Waals surface area contributed by atoms with E-state index < -0.39 is 17.5 Å². The van der Waals surface area contributed by atoms with Crippen LogP contribution < -0.4 is 9.50 Å². The Morgan fingerprint density at radius 1 is 1.24 bits per heavy atom. The van der Waals surface area contributed by atoms with Crippen LogP contribution in [0.25, 0.3) is 5.69 Å². The van der Waals surface area contributed by atoms with Gasteiger partial charge in [0.05, 0.1) is 22.5 Å². The highest BCUT2D eigenvalue weighted by atomic mass is 32.2. The standard InChI is InChI=1S/C19H14F3N3O3S/c1-11-16(9-25(24-11)15-6-3-13(20)4-7-15)18(27)23-14-5-2-12(10-26)17(8-14)28-29-19(21)22/h2-10,19H,1H3,(H,23,27). The molecule has 3 rings (SSSR count). The third-order valence-electron chi connectivity index (χ3n) is 3.84. The first-order valence-corrected chi connectivity index (χ1v) is 9.02. The van der Waals surface area contributed by atoms with Crippen LogP contribution in [0.5, 0.6) is 5.75 Å². The number of amides is 1. The van der Waals surface area contributed by atoms with E-state index >= 15 is 0 Å². The molecule has 1 aromatic heterocycles. The van der Waals surface area contributed by atoms with Crippen molar-refractivity contribution >= 4 is 29.9 Å². The second kappa shape index (κ2) is 8.82. The first-order valence-electron chi connectivity index (χ1n) is 8.21. The summed E-state index contributed by atoms with van der Waals surface area (Å²) >= 11 is -0.103. The smallest absolute Gasteiger partial charge is 0.319 e. The number of hydrogen-bond acceptors (Lipinski definition) is 5. The van der Waals surface area contributed by atoms with Crippen LogP contribution in [0.3, 0.4) is 0 Å². The summed E-state index contributed by atoms with van der Waals surface area (Å²) in [6, 6.07) is 9.66. The molecule has 150 valence electrons. The Morgan fingerprint density at radius 3 is 2.62 bits per heavy atom. The lowest BCUT2D eigenvalue weighted by Crippen LogP contribution is -2.12. The molecule has 0 unspecified atom stereocenters. The zero-order valence-electron chi connectivity index (χ0n) is 14.9. The quantitative estimate of drug-likeness (QED) is 0.445. The maximum atomic E-state index is 13.1. The van der Waals surface area contributed by atoms with Crippen LogP contribution in [0.1, 0.15) is 26.4 Å². The SMILES string of the molecule is Cc1nn(-c2ccc(F)cc2)cc1C(=O)Nc1ccc(C=O)c(OSC(F)F)c1. The van der Waals surface area contributed by atoms with Gasteiger partial charge >= 0.3 is 5.76 Å². The van der Waals surface area contributed by atoms with Crippen LogP contribution in [0.4, 0.5) is 18.9 Å². The average molecular weight is 421 g/mol. The molecule has 1 heterocycles. The molecule has 3 aromatic rings. The molecular formula is C19H14F3N3O3S. The number of carbonyl (C=O) groups is 2. The van der Waals surface area contributed by atoms with E-state index in [2.05, 4.69) is 10.4 Å². The van der Waals surface area contributed by atoms with E-state index in [0.29, 0.717) is 17.7 Å². The highest BCUT2D eigenvalue weighted by molar-refractivity contribution is 7.95. The molecule has 0 fully saturated rings. The molecule has 0 atom stereocenters. The second-order valence-corrected chi connectivity index (χ2v) is 6.53. The molecule has 1 amide bonds. The number of nitrogens with one attached hydrogen (secondary N) is 1. The van der Waals surface area contributed by atoms with E-state index in [0.717, 1.165) is 0 Å². The largest absolute Gasteiger partial charge is 0.419 e. The number of aromatic nitrogens is 2. The minimum atomic E-state index is -2.78. The van der Waals surface area contributed by atoms with Crippen molar-refractivity contribution in [3.8, 4) is 11.4 Å². The number of nitrogens with zero attached hydrogens (tertiary/aromatic N) is 2. The molecule has 0 aliphatic carbocycles. The van der Waals surface area contributed by atoms with Gasteiger partial charge in [-0.15, -0.1) is 0 Å². The van der Waals surface area contributed by atoms with Gasteiger partial charge in [-0.05, 0) is 43.3 Å². The molecule has 0 radical (unpaired) electrons. The van der Waals surface area contributed by atoms with Gasteiger partial charge in [-0.3, -0.25) is 9.59 Å². The second-order valence-electron chi connectivity index (χ2n) is 5.81. The number of hydrogen-bond donors (Lipinski definition) is 1. The van der Waals surface area contributed by atoms with E-state index in [4.69, 9.17) is 4.18 Å². The van der Waals surface area contributed by atoms with E-state index in [1.807, 2.05) is 0 Å². The zero-order valence-corrected chi connectivity index (χ0v) is 15.8. The van der Waals surface area contributed by atoms with Gasteiger partial charge in [0.1, 0.15) is 23.6 Å². The molecule has 0 aliphatic heterocycles. The number of alkyl halides is 2. The van der Waals surface area contributed by atoms with Gasteiger partial charge in [0.2, 0.25) is 0 Å². The molecule has 2 aromatic carbocycles. The van der Waals surface area contributed by atoms with E-state index in [9.17, 15) is 22.8 Å². The lowest BCUT2D eigenvalue weighted by molar-refractivity contribution is 0.102. The number of aryl methyl sites for hydroxylation is 1. The van der Waals surface area contributed by atoms with E-state index in [-0.39, 0.29) is 34.6 Å². The molecule has 29 heavy (non-hydrogen) atoms. The first kappa shape index (κ1) is 20.5. The minimum Gasteiger partial charge on any atom is -0.419 e. The van der Waals surface area contributed by atoms with Gasteiger partial charge < -0.3 is 9.50 Å². The van der Waals surface area contributed by atoms with Gasteiger partial charge in [-0.1, -0.05) is 0 Å². The lowest BCUT2D eigenvalue weighted by Gasteiger charge is -2.09. The Balaban J connectivity index is 1.80. The topological polar surface area (TPSA) is 73.2 Å². The summed E-state index contributed by atoms with van der Waals surface area (Å²) in [7, 11) is 0. The fraction of sp³-hybridized carbons (Fsp3) is 0.105. The van der Waals surface area contributed by atoms with Crippen LogP contribution in [0, 0.1) is 12.7 Å². The Bertz CT molecular complexity index is 1040. The third-order valence-corrected chi connectivity index (χ3v) is 4.26. The molecule has 1 N–H and O–H groups in total. The molecule has 0 saturated carbocycles. The summed E-state index contributed by atoms with van der Waals surface area (Å²) in [5, 5.41) is 6.85. The fourth-order valence-corrected chi connectivity index (χ4v) is 2.80. The number of halogens is 3. The molecule has 6 nitrogen and oxygen atoms in total. The number of rotatable bonds is 7. The Kier molecular flexibility index (Phi) is 6.23. The minimum absolute atomic E-state index is 0.0662. The van der Waals surface area contributed by atoms with Crippen LogP contribution in [-0.4, -0.2) is 27.7 Å². The van der Waals surface area contributed by atoms with Gasteiger partial charge in [-0.25, -0.2) is 9.07 Å². The predicted octanol–water partition coefficient (Wildman–Crippen LogP) is 4.63. The van der Waals surface area contributed by atoms with Crippen molar-refractivity contribution in [2.24, 2.45) is 0 Å². The highest BCUT2D eigenvalue weighted by Gasteiger charge is 2.16. The van der Waals surface area contributed by atoms with Crippen LogP contribution in [0.15, 0.2) is 48.7 Å². The fourth-order valence-electron chi connectivity index (χ4n) is 2.48. The molecule has 0 bridgehead atoms. The maximum Gasteiger partial charge on any atom is 0.319 e. The van der Waals surface area contributed by atoms with Crippen LogP contribution >= 0.6 is 12.0 Å². The molecular weight excluding hydrogens is 407 g/mol. The Labute approximate surface area is 167 Å². The first-order chi connectivity index (χ1) is 13.9. The zero-order chi connectivity index (χ0) is 21.0. The molecule has 10 heteroatoms. The van der Waals surface area contributed by atoms with Crippen molar-refractivity contribution in [1.82, 2.24) is 9.78 Å². The highest BCUT2D eigenvalue weighted by Crippen LogP contribution is 2.28. The summed E-state index contributed by atoms with van der Waals surface area (Å²) in [5.74, 6) is -3.77. The van der Waals surface area contributed by atoms with Crippen molar-refractivity contribution in [3.63, 3.8) is 0 Å². The number of benzene rings is 2. The van der Waals surface area contributed by atoms with Crippen LogP contribution in [-0.2, 0) is 0 Å². The monoisotopic (exact) mass is 421 g/mol. The van der Waals surface area contributed by atoms with E-state index in [1.54, 1.807) is 6.92 Å². The normalized spacial score (nSPS) is 10.8. The van der Waals surface area contributed by atoms with Crippen molar-refractivity contribution in [2.75, 3.05) is 5.32 Å². The summed E-state index contributed by atoms with van der Waals surface area (Å²) in [5.41, 5.74) is 1.58. The van der Waals surface area contributed by atoms with Crippen molar-refractivity contribution < 1.29 is 26.9 Å². The summed E-state index contributed by atoms with van der Waals surface area (Å²) in [4.78, 5) is 23.6. The number of anilines is 1. The summed E-state index contributed by atoms with van der Waals surface area (Å²) in [6.45, 7) is 1.64. The molecule has 0 spiro atoms. The lowest BCUT2D eigenvalue weighted by atomic mass is 10.2. The van der Waals surface area contributed by atoms with Gasteiger partial charge in [-0.2, -0.15) is 13.9 Å². The molecule has 0 saturated heterocycles. The van der Waals surface area contributed by atoms with Gasteiger partial charge in [0, 0.05) is 18.0 Å². The predicted molar refractivity (Wildman–Crippen MR) is 102 cm³/mol. The third kappa shape index (κ3) is 4.96. The van der Waals surface area contributed by atoms with E-state index in [1.165, 1.54) is 53.3 Å². The van der Waals surface area contributed by atoms with Crippen molar-refractivity contribution in [2.45, 2.75) is 12.7 Å². The number of carbonyl (C=O) groups excluding carboxylic acids is 2. The molecule has 0 aliphatic rings. The van der Waals surface area contributed by atoms with Crippen molar-refractivity contribution in [3.05, 3.63) is 71.3 Å².